The molecule has 1 unspecified atom stereocenters. The number of nitrogens with zero attached hydrogens (tertiary/aromatic N) is 1. The first-order valence-electron chi connectivity index (χ1n) is 8.60. The Morgan fingerprint density at radius 2 is 2.08 bits per heavy atom. The van der Waals surface area contributed by atoms with E-state index in [-0.39, 0.29) is 46.9 Å². The van der Waals surface area contributed by atoms with Crippen molar-refractivity contribution >= 4 is 47.6 Å². The summed E-state index contributed by atoms with van der Waals surface area (Å²) in [7, 11) is 1.74. The number of halogens is 2. The third-order valence-corrected chi connectivity index (χ3v) is 5.69. The Bertz CT molecular complexity index is 609. The second-order valence-electron chi connectivity index (χ2n) is 6.41. The minimum atomic E-state index is -0.323. The van der Waals surface area contributed by atoms with Crippen LogP contribution in [0.1, 0.15) is 25.3 Å². The van der Waals surface area contributed by atoms with E-state index in [1.54, 1.807) is 19.2 Å². The number of nitrogens with one attached hydrogen (secondary N) is 3. The average molecular weight is 494 g/mol. The van der Waals surface area contributed by atoms with Crippen molar-refractivity contribution in [3.8, 4) is 0 Å². The van der Waals surface area contributed by atoms with Crippen molar-refractivity contribution in [1.29, 1.82) is 0 Å². The van der Waals surface area contributed by atoms with Crippen molar-refractivity contribution in [2.45, 2.75) is 30.9 Å². The maximum atomic E-state index is 13.1. The Balaban J connectivity index is 0.00000338. The quantitative estimate of drug-likeness (QED) is 0.236. The number of hydrogen-bond donors (Lipinski definition) is 3. The lowest BCUT2D eigenvalue weighted by Crippen LogP contribution is -2.45. The number of carbonyl (C=O) groups is 1. The molecule has 1 aliphatic heterocycles. The van der Waals surface area contributed by atoms with Crippen molar-refractivity contribution in [2.24, 2.45) is 4.99 Å². The Kier molecular flexibility index (Phi) is 10.3. The number of benzene rings is 1. The van der Waals surface area contributed by atoms with E-state index in [9.17, 15) is 9.18 Å². The minimum Gasteiger partial charge on any atom is -0.355 e. The molecule has 146 valence electrons. The molecule has 0 bridgehead atoms. The van der Waals surface area contributed by atoms with Gasteiger partial charge in [-0.25, -0.2) is 4.39 Å². The molecule has 2 rings (SSSR count). The topological polar surface area (TPSA) is 65.5 Å². The second-order valence-corrected chi connectivity index (χ2v) is 8.09. The maximum Gasteiger partial charge on any atom is 0.224 e. The first-order valence-corrected chi connectivity index (χ1v) is 9.59. The summed E-state index contributed by atoms with van der Waals surface area (Å²) in [5.41, 5.74) is 0.672. The largest absolute Gasteiger partial charge is 0.355 e. The highest BCUT2D eigenvalue weighted by atomic mass is 127. The first-order chi connectivity index (χ1) is 12.0. The molecule has 1 aliphatic rings. The molecule has 26 heavy (non-hydrogen) atoms. The third-order valence-electron chi connectivity index (χ3n) is 4.15. The lowest BCUT2D eigenvalue weighted by Gasteiger charge is -2.24. The molecule has 8 heteroatoms. The molecule has 0 radical (unpaired) electrons. The van der Waals surface area contributed by atoms with Gasteiger partial charge >= 0.3 is 0 Å². The molecule has 1 aromatic carbocycles. The average Bonchev–Trinajstić information content (AvgIpc) is 3.01. The van der Waals surface area contributed by atoms with Crippen LogP contribution in [0.15, 0.2) is 29.3 Å². The van der Waals surface area contributed by atoms with Crippen LogP contribution in [-0.4, -0.2) is 49.0 Å². The van der Waals surface area contributed by atoms with Gasteiger partial charge in [-0.1, -0.05) is 12.1 Å². The molecule has 0 spiro atoms. The minimum absolute atomic E-state index is 0. The molecule has 1 aromatic rings. The van der Waals surface area contributed by atoms with E-state index in [1.165, 1.54) is 30.7 Å². The molecule has 1 heterocycles. The number of carbonyl (C=O) groups excluding carboxylic acids is 1. The van der Waals surface area contributed by atoms with Gasteiger partial charge in [0.25, 0.3) is 0 Å². The molecule has 0 saturated carbocycles. The highest BCUT2D eigenvalue weighted by Crippen LogP contribution is 2.36. The Hall–Kier alpha value is -1.03. The van der Waals surface area contributed by atoms with Gasteiger partial charge in [-0.05, 0) is 43.2 Å². The summed E-state index contributed by atoms with van der Waals surface area (Å²) in [5, 5.41) is 9.37. The van der Waals surface area contributed by atoms with Crippen LogP contribution >= 0.6 is 35.7 Å². The molecular weight excluding hydrogens is 466 g/mol. The summed E-state index contributed by atoms with van der Waals surface area (Å²) in [5.74, 6) is 1.52. The highest BCUT2D eigenvalue weighted by Gasteiger charge is 2.29. The smallest absolute Gasteiger partial charge is 0.224 e. The molecule has 3 N–H and O–H groups in total. The van der Waals surface area contributed by atoms with E-state index >= 15 is 0 Å². The van der Waals surface area contributed by atoms with Gasteiger partial charge in [0.1, 0.15) is 5.82 Å². The predicted octanol–water partition coefficient (Wildman–Crippen LogP) is 2.55. The lowest BCUT2D eigenvalue weighted by molar-refractivity contribution is -0.120. The van der Waals surface area contributed by atoms with Crippen molar-refractivity contribution in [3.05, 3.63) is 35.6 Å². The fourth-order valence-electron chi connectivity index (χ4n) is 2.75. The second kappa shape index (κ2) is 11.6. The summed E-state index contributed by atoms with van der Waals surface area (Å²) in [6.07, 6.45) is 2.67. The monoisotopic (exact) mass is 494 g/mol. The SMILES string of the molecule is CN=C(NCCNC(=O)Cc1cccc(F)c1)NCC1(C)CCCS1.I. The van der Waals surface area contributed by atoms with Crippen LogP contribution in [0, 0.1) is 5.82 Å². The maximum absolute atomic E-state index is 13.1. The van der Waals surface area contributed by atoms with Crippen LogP contribution in [0.5, 0.6) is 0 Å². The van der Waals surface area contributed by atoms with Gasteiger partial charge in [0.2, 0.25) is 5.91 Å². The molecular formula is C18H28FIN4OS. The van der Waals surface area contributed by atoms with E-state index < -0.39 is 0 Å². The van der Waals surface area contributed by atoms with Gasteiger partial charge in [-0.15, -0.1) is 24.0 Å². The van der Waals surface area contributed by atoms with E-state index in [0.29, 0.717) is 18.7 Å². The van der Waals surface area contributed by atoms with Crippen LogP contribution in [0.2, 0.25) is 0 Å². The zero-order chi connectivity index (χ0) is 18.1. The van der Waals surface area contributed by atoms with Gasteiger partial charge in [0, 0.05) is 31.4 Å². The normalized spacial score (nSPS) is 19.6. The summed E-state index contributed by atoms with van der Waals surface area (Å²) >= 11 is 2.00. The van der Waals surface area contributed by atoms with E-state index in [2.05, 4.69) is 27.9 Å². The number of amides is 1. The fourth-order valence-corrected chi connectivity index (χ4v) is 3.99. The summed E-state index contributed by atoms with van der Waals surface area (Å²) < 4.78 is 13.4. The predicted molar refractivity (Wildman–Crippen MR) is 118 cm³/mol. The Morgan fingerprint density at radius 3 is 2.73 bits per heavy atom. The summed E-state index contributed by atoms with van der Waals surface area (Å²) in [6.45, 7) is 4.22. The molecule has 1 amide bonds. The number of rotatable bonds is 7. The first kappa shape index (κ1) is 23.0. The van der Waals surface area contributed by atoms with Gasteiger partial charge in [0.05, 0.1) is 6.42 Å². The summed E-state index contributed by atoms with van der Waals surface area (Å²) in [4.78, 5) is 16.1. The van der Waals surface area contributed by atoms with E-state index in [4.69, 9.17) is 0 Å². The number of aliphatic imine (C=N–C) groups is 1. The van der Waals surface area contributed by atoms with Crippen molar-refractivity contribution < 1.29 is 9.18 Å². The van der Waals surface area contributed by atoms with Crippen LogP contribution in [-0.2, 0) is 11.2 Å². The highest BCUT2D eigenvalue weighted by molar-refractivity contribution is 14.0. The van der Waals surface area contributed by atoms with Gasteiger partial charge in [0.15, 0.2) is 5.96 Å². The molecule has 0 aromatic heterocycles. The fraction of sp³-hybridized carbons (Fsp3) is 0.556. The number of hydrogen-bond acceptors (Lipinski definition) is 3. The molecule has 1 fully saturated rings. The molecule has 5 nitrogen and oxygen atoms in total. The van der Waals surface area contributed by atoms with Crippen molar-refractivity contribution in [3.63, 3.8) is 0 Å². The number of thioether (sulfide) groups is 1. The molecule has 1 atom stereocenters. The molecule has 1 saturated heterocycles. The van der Waals surface area contributed by atoms with Gasteiger partial charge in [-0.2, -0.15) is 11.8 Å². The number of guanidine groups is 1. The van der Waals surface area contributed by atoms with Crippen molar-refractivity contribution in [1.82, 2.24) is 16.0 Å². The van der Waals surface area contributed by atoms with E-state index in [1.807, 2.05) is 11.8 Å². The zero-order valence-corrected chi connectivity index (χ0v) is 18.5. The van der Waals surface area contributed by atoms with E-state index in [0.717, 1.165) is 12.5 Å². The van der Waals surface area contributed by atoms with Crippen LogP contribution in [0.3, 0.4) is 0 Å². The zero-order valence-electron chi connectivity index (χ0n) is 15.3. The van der Waals surface area contributed by atoms with Crippen molar-refractivity contribution in [2.75, 3.05) is 32.4 Å². The van der Waals surface area contributed by atoms with Crippen LogP contribution in [0.4, 0.5) is 4.39 Å². The summed E-state index contributed by atoms with van der Waals surface area (Å²) in [6, 6.07) is 6.10. The molecule has 0 aliphatic carbocycles. The third kappa shape index (κ3) is 8.11. The van der Waals surface area contributed by atoms with Crippen LogP contribution in [0.25, 0.3) is 0 Å². The Morgan fingerprint density at radius 1 is 1.31 bits per heavy atom. The van der Waals surface area contributed by atoms with Gasteiger partial charge in [-0.3, -0.25) is 9.79 Å². The van der Waals surface area contributed by atoms with Gasteiger partial charge < -0.3 is 16.0 Å². The van der Waals surface area contributed by atoms with Crippen LogP contribution < -0.4 is 16.0 Å². The Labute approximate surface area is 176 Å². The lowest BCUT2D eigenvalue weighted by atomic mass is 10.1. The standard InChI is InChI=1S/C18H27FN4OS.HI/c1-18(7-4-10-25-18)13-23-17(20-2)22-9-8-21-16(24)12-14-5-3-6-15(19)11-14;/h3,5-6,11H,4,7-10,12-13H2,1-2H3,(H,21,24)(H2,20,22,23);1H.